The number of nitriles is 1. The van der Waals surface area contributed by atoms with E-state index in [1.54, 1.807) is 18.2 Å². The molecule has 0 spiro atoms. The molecule has 2 aromatic carbocycles. The number of hydrogen-bond acceptors (Lipinski definition) is 3. The van der Waals surface area contributed by atoms with E-state index < -0.39 is 0 Å². The molecule has 0 aromatic heterocycles. The van der Waals surface area contributed by atoms with E-state index in [1.807, 2.05) is 18.0 Å². The fourth-order valence-electron chi connectivity index (χ4n) is 2.61. The number of hydrogen-bond donors (Lipinski definition) is 1. The van der Waals surface area contributed by atoms with E-state index in [4.69, 9.17) is 16.9 Å². The van der Waals surface area contributed by atoms with E-state index in [9.17, 15) is 4.79 Å². The molecule has 2 aromatic rings. The molecule has 2 rings (SSSR count). The normalized spacial score (nSPS) is 11.3. The third-order valence-electron chi connectivity index (χ3n) is 4.06. The number of carbonyl (C=O) groups excluding carboxylic acids is 1. The highest BCUT2D eigenvalue weighted by atomic mass is 35.5. The first-order chi connectivity index (χ1) is 12.2. The molecule has 136 valence electrons. The van der Waals surface area contributed by atoms with Gasteiger partial charge in [0.15, 0.2) is 0 Å². The van der Waals surface area contributed by atoms with Gasteiger partial charge in [-0.15, -0.1) is 0 Å². The number of nitrogens with zero attached hydrogens (tertiary/aromatic N) is 2. The van der Waals surface area contributed by atoms with Crippen molar-refractivity contribution >= 4 is 23.2 Å². The quantitative estimate of drug-likeness (QED) is 0.839. The molecule has 0 bridgehead atoms. The second kappa shape index (κ2) is 8.35. The zero-order chi connectivity index (χ0) is 19.3. The van der Waals surface area contributed by atoms with Crippen molar-refractivity contribution in [1.82, 2.24) is 4.90 Å². The lowest BCUT2D eigenvalue weighted by atomic mass is 9.87. The molecular formula is C21H24ClN3O. The summed E-state index contributed by atoms with van der Waals surface area (Å²) in [5.41, 5.74) is 3.56. The first kappa shape index (κ1) is 20.0. The van der Waals surface area contributed by atoms with Gasteiger partial charge in [0.1, 0.15) is 6.07 Å². The number of amides is 1. The third kappa shape index (κ3) is 5.59. The molecule has 0 radical (unpaired) electrons. The monoisotopic (exact) mass is 369 g/mol. The highest BCUT2D eigenvalue weighted by molar-refractivity contribution is 6.32. The highest BCUT2D eigenvalue weighted by Crippen LogP contribution is 2.22. The van der Waals surface area contributed by atoms with Crippen molar-refractivity contribution in [3.8, 4) is 6.07 Å². The summed E-state index contributed by atoms with van der Waals surface area (Å²) in [5.74, 6) is -0.125. The Morgan fingerprint density at radius 3 is 2.38 bits per heavy atom. The van der Waals surface area contributed by atoms with Crippen molar-refractivity contribution in [1.29, 1.82) is 5.26 Å². The van der Waals surface area contributed by atoms with Crippen LogP contribution in [0.1, 0.15) is 37.5 Å². The lowest BCUT2D eigenvalue weighted by Gasteiger charge is -2.20. The minimum atomic E-state index is -0.125. The van der Waals surface area contributed by atoms with E-state index in [1.165, 1.54) is 5.56 Å². The minimum Gasteiger partial charge on any atom is -0.325 e. The van der Waals surface area contributed by atoms with Gasteiger partial charge in [-0.05, 0) is 41.8 Å². The third-order valence-corrected chi connectivity index (χ3v) is 4.37. The zero-order valence-corrected chi connectivity index (χ0v) is 16.4. The molecule has 26 heavy (non-hydrogen) atoms. The van der Waals surface area contributed by atoms with Crippen LogP contribution in [0.5, 0.6) is 0 Å². The first-order valence-electron chi connectivity index (χ1n) is 8.46. The van der Waals surface area contributed by atoms with Crippen LogP contribution in [-0.2, 0) is 16.8 Å². The summed E-state index contributed by atoms with van der Waals surface area (Å²) in [7, 11) is 1.91. The lowest BCUT2D eigenvalue weighted by molar-refractivity contribution is -0.117. The van der Waals surface area contributed by atoms with Gasteiger partial charge in [0.25, 0.3) is 0 Å². The Kier molecular flexibility index (Phi) is 6.42. The van der Waals surface area contributed by atoms with Crippen LogP contribution in [0.15, 0.2) is 42.5 Å². The maximum absolute atomic E-state index is 12.2. The summed E-state index contributed by atoms with van der Waals surface area (Å²) in [6.07, 6.45) is 0. The number of carbonyl (C=O) groups is 1. The van der Waals surface area contributed by atoms with Gasteiger partial charge in [0.05, 0.1) is 17.1 Å². The predicted octanol–water partition coefficient (Wildman–Crippen LogP) is 4.58. The van der Waals surface area contributed by atoms with Crippen molar-refractivity contribution in [2.75, 3.05) is 18.9 Å². The van der Waals surface area contributed by atoms with Crippen LogP contribution in [-0.4, -0.2) is 24.4 Å². The van der Waals surface area contributed by atoms with Crippen LogP contribution in [0.2, 0.25) is 5.02 Å². The van der Waals surface area contributed by atoms with E-state index in [-0.39, 0.29) is 17.9 Å². The summed E-state index contributed by atoms with van der Waals surface area (Å²) in [5, 5.41) is 12.0. The molecule has 0 aliphatic rings. The molecule has 0 heterocycles. The highest BCUT2D eigenvalue weighted by Gasteiger charge is 2.13. The average Bonchev–Trinajstić information content (AvgIpc) is 2.54. The summed E-state index contributed by atoms with van der Waals surface area (Å²) in [6, 6.07) is 15.3. The molecule has 1 N–H and O–H groups in total. The van der Waals surface area contributed by atoms with E-state index >= 15 is 0 Å². The second-order valence-corrected chi connectivity index (χ2v) is 7.88. The van der Waals surface area contributed by atoms with Crippen molar-refractivity contribution in [2.45, 2.75) is 32.7 Å². The Bertz CT molecular complexity index is 817. The Hall–Kier alpha value is -2.35. The number of likely N-dealkylation sites (N-methyl/N-ethyl adjacent to an activating group) is 1. The fraction of sp³-hybridized carbons (Fsp3) is 0.333. The van der Waals surface area contributed by atoms with Crippen LogP contribution in [0, 0.1) is 11.3 Å². The maximum Gasteiger partial charge on any atom is 0.238 e. The molecule has 0 unspecified atom stereocenters. The van der Waals surface area contributed by atoms with Gasteiger partial charge < -0.3 is 5.32 Å². The van der Waals surface area contributed by atoms with Crippen LogP contribution < -0.4 is 5.32 Å². The Balaban J connectivity index is 1.91. The molecule has 0 saturated heterocycles. The van der Waals surface area contributed by atoms with Crippen molar-refractivity contribution in [3.05, 3.63) is 64.2 Å². The summed E-state index contributed by atoms with van der Waals surface area (Å²) < 4.78 is 0. The number of nitrogens with one attached hydrogen (secondary N) is 1. The summed E-state index contributed by atoms with van der Waals surface area (Å²) in [4.78, 5) is 14.2. The standard InChI is InChI=1S/C21H24ClN3O/c1-21(2,3)17-8-5-15(6-9-17)13-25(4)14-20(26)24-18-10-7-16(12-23)19(22)11-18/h5-11H,13-14H2,1-4H3,(H,24,26). The molecule has 0 saturated carbocycles. The van der Waals surface area contributed by atoms with Gasteiger partial charge >= 0.3 is 0 Å². The van der Waals surface area contributed by atoms with E-state index in [0.29, 0.717) is 22.8 Å². The van der Waals surface area contributed by atoms with Gasteiger partial charge in [-0.3, -0.25) is 9.69 Å². The molecule has 0 fully saturated rings. The molecular weight excluding hydrogens is 346 g/mol. The molecule has 1 amide bonds. The molecule has 0 atom stereocenters. The lowest BCUT2D eigenvalue weighted by Crippen LogP contribution is -2.29. The van der Waals surface area contributed by atoms with E-state index in [0.717, 1.165) is 5.56 Å². The predicted molar refractivity (Wildman–Crippen MR) is 106 cm³/mol. The van der Waals surface area contributed by atoms with Crippen molar-refractivity contribution in [3.63, 3.8) is 0 Å². The Morgan fingerprint density at radius 2 is 1.85 bits per heavy atom. The van der Waals surface area contributed by atoms with Gasteiger partial charge in [-0.25, -0.2) is 0 Å². The summed E-state index contributed by atoms with van der Waals surface area (Å²) in [6.45, 7) is 7.51. The van der Waals surface area contributed by atoms with Crippen LogP contribution in [0.3, 0.4) is 0 Å². The minimum absolute atomic E-state index is 0.125. The molecule has 5 heteroatoms. The zero-order valence-electron chi connectivity index (χ0n) is 15.6. The van der Waals surface area contributed by atoms with E-state index in [2.05, 4.69) is 50.4 Å². The fourth-order valence-corrected chi connectivity index (χ4v) is 2.83. The maximum atomic E-state index is 12.2. The number of halogens is 1. The van der Waals surface area contributed by atoms with Crippen molar-refractivity contribution < 1.29 is 4.79 Å². The van der Waals surface area contributed by atoms with Crippen LogP contribution >= 0.6 is 11.6 Å². The van der Waals surface area contributed by atoms with Gasteiger partial charge in [-0.2, -0.15) is 5.26 Å². The SMILES string of the molecule is CN(CC(=O)Nc1ccc(C#N)c(Cl)c1)Cc1ccc(C(C)(C)C)cc1. The van der Waals surface area contributed by atoms with Crippen LogP contribution in [0.4, 0.5) is 5.69 Å². The molecule has 4 nitrogen and oxygen atoms in total. The van der Waals surface area contributed by atoms with Gasteiger partial charge in [-0.1, -0.05) is 56.6 Å². The Labute approximate surface area is 160 Å². The number of anilines is 1. The van der Waals surface area contributed by atoms with Crippen LogP contribution in [0.25, 0.3) is 0 Å². The summed E-state index contributed by atoms with van der Waals surface area (Å²) >= 11 is 5.99. The smallest absolute Gasteiger partial charge is 0.238 e. The largest absolute Gasteiger partial charge is 0.325 e. The average molecular weight is 370 g/mol. The number of benzene rings is 2. The molecule has 0 aliphatic carbocycles. The van der Waals surface area contributed by atoms with Gasteiger partial charge in [0.2, 0.25) is 5.91 Å². The van der Waals surface area contributed by atoms with Crippen molar-refractivity contribution in [2.24, 2.45) is 0 Å². The Morgan fingerprint density at radius 1 is 1.19 bits per heavy atom. The van der Waals surface area contributed by atoms with Gasteiger partial charge in [0, 0.05) is 12.2 Å². The number of rotatable bonds is 5. The molecule has 0 aliphatic heterocycles. The topological polar surface area (TPSA) is 56.1 Å². The first-order valence-corrected chi connectivity index (χ1v) is 8.84. The second-order valence-electron chi connectivity index (χ2n) is 7.47.